The maximum atomic E-state index is 12.9. The van der Waals surface area contributed by atoms with E-state index in [0.717, 1.165) is 39.3 Å². The molecular formula is C27H27N3O4S. The maximum absolute atomic E-state index is 12.9. The summed E-state index contributed by atoms with van der Waals surface area (Å²) in [6.07, 6.45) is -1.27. The van der Waals surface area contributed by atoms with Crippen molar-refractivity contribution < 1.29 is 18.3 Å². The number of rotatable bonds is 7. The molecule has 0 aliphatic rings. The number of aryl methyl sites for hydroxylation is 2. The van der Waals surface area contributed by atoms with Gasteiger partial charge in [-0.15, -0.1) is 0 Å². The number of nitrogens with zero attached hydrogens (tertiary/aromatic N) is 3. The Bertz CT molecular complexity index is 1460. The molecule has 180 valence electrons. The number of carbonyl (C=O) groups is 1. The summed E-state index contributed by atoms with van der Waals surface area (Å²) >= 11 is 0. The maximum Gasteiger partial charge on any atom is 0.421 e. The molecule has 4 rings (SSSR count). The minimum atomic E-state index is -4.17. The van der Waals surface area contributed by atoms with Crippen LogP contribution in [0.25, 0.3) is 16.8 Å². The number of hydrogen-bond acceptors (Lipinski definition) is 4. The van der Waals surface area contributed by atoms with Crippen molar-refractivity contribution in [3.63, 3.8) is 0 Å². The van der Waals surface area contributed by atoms with Crippen LogP contribution in [-0.2, 0) is 16.4 Å². The highest BCUT2D eigenvalue weighted by molar-refractivity contribution is 7.89. The van der Waals surface area contributed by atoms with Crippen molar-refractivity contribution in [3.05, 3.63) is 101 Å². The lowest BCUT2D eigenvalue weighted by Gasteiger charge is -2.19. The SMILES string of the molecule is Cc1ccc(S(=O)(=O)N(CCc2cccc(-n3nc(C)c(-c4ccccc4)c3C)c2)C(=O)O)cc1. The van der Waals surface area contributed by atoms with Crippen molar-refractivity contribution in [1.82, 2.24) is 14.1 Å². The summed E-state index contributed by atoms with van der Waals surface area (Å²) in [5, 5.41) is 14.4. The number of amides is 1. The summed E-state index contributed by atoms with van der Waals surface area (Å²) in [7, 11) is -4.17. The summed E-state index contributed by atoms with van der Waals surface area (Å²) in [4.78, 5) is 11.8. The van der Waals surface area contributed by atoms with Crippen molar-refractivity contribution in [1.29, 1.82) is 0 Å². The van der Waals surface area contributed by atoms with E-state index in [1.54, 1.807) is 12.1 Å². The van der Waals surface area contributed by atoms with Crippen molar-refractivity contribution in [3.8, 4) is 16.8 Å². The molecule has 3 aromatic carbocycles. The van der Waals surface area contributed by atoms with Gasteiger partial charge in [-0.3, -0.25) is 0 Å². The molecule has 4 aromatic rings. The van der Waals surface area contributed by atoms with Gasteiger partial charge < -0.3 is 5.11 Å². The van der Waals surface area contributed by atoms with Crippen LogP contribution in [0.2, 0.25) is 0 Å². The van der Waals surface area contributed by atoms with E-state index < -0.39 is 16.1 Å². The normalized spacial score (nSPS) is 11.4. The number of aromatic nitrogens is 2. The van der Waals surface area contributed by atoms with Crippen LogP contribution < -0.4 is 0 Å². The first-order valence-corrected chi connectivity index (χ1v) is 12.7. The summed E-state index contributed by atoms with van der Waals surface area (Å²) in [6, 6.07) is 23.7. The molecule has 1 heterocycles. The monoisotopic (exact) mass is 489 g/mol. The third-order valence-electron chi connectivity index (χ3n) is 5.93. The second-order valence-electron chi connectivity index (χ2n) is 8.42. The second-order valence-corrected chi connectivity index (χ2v) is 10.3. The molecule has 0 bridgehead atoms. The van der Waals surface area contributed by atoms with Crippen LogP contribution in [0.15, 0.2) is 83.8 Å². The molecule has 0 aliphatic heterocycles. The minimum Gasteiger partial charge on any atom is -0.464 e. The molecule has 0 aliphatic carbocycles. The lowest BCUT2D eigenvalue weighted by Crippen LogP contribution is -2.37. The zero-order chi connectivity index (χ0) is 25.2. The van der Waals surface area contributed by atoms with Gasteiger partial charge in [0.25, 0.3) is 10.0 Å². The van der Waals surface area contributed by atoms with Crippen LogP contribution in [0, 0.1) is 20.8 Å². The Morgan fingerprint density at radius 2 is 1.63 bits per heavy atom. The molecule has 8 heteroatoms. The van der Waals surface area contributed by atoms with Gasteiger partial charge in [0, 0.05) is 17.8 Å². The highest BCUT2D eigenvalue weighted by Crippen LogP contribution is 2.28. The van der Waals surface area contributed by atoms with Crippen molar-refractivity contribution >= 4 is 16.1 Å². The first-order chi connectivity index (χ1) is 16.7. The first kappa shape index (κ1) is 24.2. The van der Waals surface area contributed by atoms with Crippen molar-refractivity contribution in [2.24, 2.45) is 0 Å². The van der Waals surface area contributed by atoms with E-state index in [0.29, 0.717) is 4.31 Å². The van der Waals surface area contributed by atoms with Gasteiger partial charge in [0.1, 0.15) is 0 Å². The third-order valence-corrected chi connectivity index (χ3v) is 7.72. The Balaban J connectivity index is 1.59. The Morgan fingerprint density at radius 3 is 2.29 bits per heavy atom. The lowest BCUT2D eigenvalue weighted by molar-refractivity contribution is 0.172. The number of sulfonamides is 1. The van der Waals surface area contributed by atoms with E-state index in [1.807, 2.05) is 80.1 Å². The van der Waals surface area contributed by atoms with Crippen LogP contribution in [-0.4, -0.2) is 40.2 Å². The Morgan fingerprint density at radius 1 is 0.943 bits per heavy atom. The summed E-state index contributed by atoms with van der Waals surface area (Å²) in [5.41, 5.74) is 6.57. The molecule has 0 radical (unpaired) electrons. The van der Waals surface area contributed by atoms with Gasteiger partial charge in [0.15, 0.2) is 0 Å². The molecular weight excluding hydrogens is 462 g/mol. The first-order valence-electron chi connectivity index (χ1n) is 11.2. The minimum absolute atomic E-state index is 0.0460. The van der Waals surface area contributed by atoms with E-state index >= 15 is 0 Å². The van der Waals surface area contributed by atoms with Gasteiger partial charge in [0.2, 0.25) is 0 Å². The van der Waals surface area contributed by atoms with Crippen LogP contribution in [0.4, 0.5) is 4.79 Å². The summed E-state index contributed by atoms with van der Waals surface area (Å²) in [6.45, 7) is 5.62. The topological polar surface area (TPSA) is 92.5 Å². The largest absolute Gasteiger partial charge is 0.464 e. The highest BCUT2D eigenvalue weighted by atomic mass is 32.2. The van der Waals surface area contributed by atoms with Gasteiger partial charge in [-0.1, -0.05) is 60.2 Å². The van der Waals surface area contributed by atoms with Gasteiger partial charge in [0.05, 0.1) is 16.3 Å². The molecule has 0 fully saturated rings. The predicted octanol–water partition coefficient (Wildman–Crippen LogP) is 5.38. The van der Waals surface area contributed by atoms with Gasteiger partial charge in [-0.2, -0.15) is 5.10 Å². The highest BCUT2D eigenvalue weighted by Gasteiger charge is 2.28. The zero-order valence-electron chi connectivity index (χ0n) is 19.8. The van der Waals surface area contributed by atoms with E-state index in [9.17, 15) is 18.3 Å². The fourth-order valence-corrected chi connectivity index (χ4v) is 5.42. The van der Waals surface area contributed by atoms with Crippen LogP contribution in [0.3, 0.4) is 0 Å². The Labute approximate surface area is 205 Å². The van der Waals surface area contributed by atoms with Crippen molar-refractivity contribution in [2.75, 3.05) is 6.54 Å². The van der Waals surface area contributed by atoms with E-state index in [4.69, 9.17) is 5.10 Å². The molecule has 7 nitrogen and oxygen atoms in total. The molecule has 1 amide bonds. The Kier molecular flexibility index (Phi) is 6.75. The molecule has 0 atom stereocenters. The smallest absolute Gasteiger partial charge is 0.421 e. The van der Waals surface area contributed by atoms with Crippen LogP contribution in [0.1, 0.15) is 22.5 Å². The van der Waals surface area contributed by atoms with E-state index in [1.165, 1.54) is 12.1 Å². The quantitative estimate of drug-likeness (QED) is 0.376. The molecule has 0 saturated heterocycles. The Hall–Kier alpha value is -3.91. The van der Waals surface area contributed by atoms with Crippen molar-refractivity contribution in [2.45, 2.75) is 32.1 Å². The van der Waals surface area contributed by atoms with Crippen LogP contribution >= 0.6 is 0 Å². The number of carboxylic acid groups (broad SMARTS) is 1. The molecule has 1 N–H and O–H groups in total. The van der Waals surface area contributed by atoms with Gasteiger partial charge in [-0.05, 0) is 62.6 Å². The molecule has 0 unspecified atom stereocenters. The summed E-state index contributed by atoms with van der Waals surface area (Å²) in [5.74, 6) is 0. The average molecular weight is 490 g/mol. The molecule has 0 spiro atoms. The zero-order valence-corrected chi connectivity index (χ0v) is 20.7. The number of hydrogen-bond donors (Lipinski definition) is 1. The molecule has 0 saturated carbocycles. The standard InChI is InChI=1S/C27H27N3O4S/c1-19-12-14-25(15-13-19)35(33,34)29(27(31)32)17-16-22-8-7-11-24(18-22)30-21(3)26(20(2)28-30)23-9-5-4-6-10-23/h4-15,18H,16-17H2,1-3H3,(H,31,32). The summed E-state index contributed by atoms with van der Waals surface area (Å²) < 4.78 is 28.3. The lowest BCUT2D eigenvalue weighted by atomic mass is 10.0. The van der Waals surface area contributed by atoms with E-state index in [-0.39, 0.29) is 17.9 Å². The van der Waals surface area contributed by atoms with E-state index in [2.05, 4.69) is 0 Å². The average Bonchev–Trinajstić information content (AvgIpc) is 3.13. The second kappa shape index (κ2) is 9.76. The third kappa shape index (κ3) is 4.97. The van der Waals surface area contributed by atoms with Gasteiger partial charge >= 0.3 is 6.09 Å². The number of benzene rings is 3. The van der Waals surface area contributed by atoms with Gasteiger partial charge in [-0.25, -0.2) is 22.2 Å². The van der Waals surface area contributed by atoms with Crippen LogP contribution in [0.5, 0.6) is 0 Å². The fraction of sp³-hybridized carbons (Fsp3) is 0.185. The fourth-order valence-electron chi connectivity index (χ4n) is 4.15. The molecule has 35 heavy (non-hydrogen) atoms. The molecule has 1 aromatic heterocycles. The predicted molar refractivity (Wildman–Crippen MR) is 135 cm³/mol.